The van der Waals surface area contributed by atoms with E-state index in [-0.39, 0.29) is 12.4 Å². The lowest BCUT2D eigenvalue weighted by molar-refractivity contribution is -0.735. The number of hydrogen-bond acceptors (Lipinski definition) is 1. The predicted molar refractivity (Wildman–Crippen MR) is 104 cm³/mol. The number of ether oxygens (including phenoxy) is 1. The number of imidazole rings is 1. The van der Waals surface area contributed by atoms with Crippen LogP contribution in [-0.2, 0) is 18.0 Å². The average Bonchev–Trinajstić information content (AvgIpc) is 3.04. The van der Waals surface area contributed by atoms with E-state index in [1.54, 1.807) is 0 Å². The van der Waals surface area contributed by atoms with Crippen LogP contribution in [0.2, 0.25) is 0 Å². The molecule has 0 spiro atoms. The summed E-state index contributed by atoms with van der Waals surface area (Å²) >= 11 is 0. The van der Waals surface area contributed by atoms with Crippen molar-refractivity contribution in [3.8, 4) is 0 Å². The minimum Gasteiger partial charge on any atom is -1.00 e. The summed E-state index contributed by atoms with van der Waals surface area (Å²) in [5.41, 5.74) is 0. The third-order valence-electron chi connectivity index (χ3n) is 5.92. The van der Waals surface area contributed by atoms with Crippen molar-refractivity contribution in [1.29, 1.82) is 0 Å². The summed E-state index contributed by atoms with van der Waals surface area (Å²) in [7, 11) is 0. The van der Waals surface area contributed by atoms with Gasteiger partial charge in [-0.2, -0.15) is 0 Å². The molecule has 0 N–H and O–H groups in total. The molecule has 26 heavy (non-hydrogen) atoms. The Morgan fingerprint density at radius 2 is 1.85 bits per heavy atom. The van der Waals surface area contributed by atoms with E-state index >= 15 is 0 Å². The molecule has 1 aliphatic carbocycles. The summed E-state index contributed by atoms with van der Waals surface area (Å²) in [5, 5.41) is 0. The maximum Gasteiger partial charge on any atom is 0.245 e. The van der Waals surface area contributed by atoms with Crippen molar-refractivity contribution in [2.75, 3.05) is 0 Å². The highest BCUT2D eigenvalue weighted by atomic mass is 35.5. The van der Waals surface area contributed by atoms with Crippen LogP contribution in [0, 0.1) is 17.8 Å². The van der Waals surface area contributed by atoms with E-state index in [1.807, 2.05) is 0 Å². The fourth-order valence-corrected chi connectivity index (χ4v) is 4.21. The summed E-state index contributed by atoms with van der Waals surface area (Å²) in [6.45, 7) is 11.2. The Morgan fingerprint density at radius 3 is 2.58 bits per heavy atom. The molecule has 3 nitrogen and oxygen atoms in total. The second-order valence-electron chi connectivity index (χ2n) is 8.59. The maximum atomic E-state index is 6.35. The molecule has 3 atom stereocenters. The van der Waals surface area contributed by atoms with Crippen LogP contribution < -0.4 is 17.0 Å². The Hall–Kier alpha value is -0.540. The highest BCUT2D eigenvalue weighted by molar-refractivity contribution is 4.80. The number of aryl methyl sites for hydroxylation is 1. The van der Waals surface area contributed by atoms with Gasteiger partial charge in [0.05, 0.1) is 12.6 Å². The van der Waals surface area contributed by atoms with Gasteiger partial charge in [-0.05, 0) is 43.4 Å². The number of halogens is 1. The third-order valence-corrected chi connectivity index (χ3v) is 5.92. The van der Waals surface area contributed by atoms with Crippen LogP contribution in [-0.4, -0.2) is 10.7 Å². The van der Waals surface area contributed by atoms with Gasteiger partial charge in [0.2, 0.25) is 6.33 Å². The van der Waals surface area contributed by atoms with Crippen LogP contribution in [0.5, 0.6) is 0 Å². The molecule has 0 saturated heterocycles. The number of aromatic nitrogens is 2. The first-order valence-corrected chi connectivity index (χ1v) is 10.8. The number of unbranched alkanes of at least 4 members (excludes halogenated alkanes) is 5. The minimum atomic E-state index is 0. The van der Waals surface area contributed by atoms with Gasteiger partial charge in [0, 0.05) is 0 Å². The van der Waals surface area contributed by atoms with Crippen molar-refractivity contribution in [3.05, 3.63) is 18.7 Å². The molecule has 0 amide bonds. The predicted octanol–water partition coefficient (Wildman–Crippen LogP) is 2.58. The summed E-state index contributed by atoms with van der Waals surface area (Å²) in [6.07, 6.45) is 19.0. The van der Waals surface area contributed by atoms with Crippen molar-refractivity contribution in [2.24, 2.45) is 17.8 Å². The maximum absolute atomic E-state index is 6.35. The summed E-state index contributed by atoms with van der Waals surface area (Å²) in [6, 6.07) is 0. The molecule has 1 saturated carbocycles. The van der Waals surface area contributed by atoms with E-state index in [0.717, 1.165) is 24.3 Å². The minimum absolute atomic E-state index is 0. The summed E-state index contributed by atoms with van der Waals surface area (Å²) in [4.78, 5) is 0. The molecule has 1 aromatic rings. The second kappa shape index (κ2) is 12.8. The molecule has 4 heteroatoms. The standard InChI is InChI=1S/C22H41N2O.ClH/c1-5-6-7-8-9-10-13-23-14-15-24(17-23)18-25-22-16-20(4)11-12-21(22)19(2)3;/h14-15,17,19-22H,5-13,16,18H2,1-4H3;1H/q+1;/p-1/t20-,21+,22-;/m1./s1. The van der Waals surface area contributed by atoms with Crippen molar-refractivity contribution in [1.82, 2.24) is 4.57 Å². The zero-order valence-electron chi connectivity index (χ0n) is 17.5. The molecule has 1 fully saturated rings. The molecule has 0 aromatic carbocycles. The van der Waals surface area contributed by atoms with Gasteiger partial charge in [0.25, 0.3) is 0 Å². The van der Waals surface area contributed by atoms with E-state index in [4.69, 9.17) is 4.74 Å². The lowest BCUT2D eigenvalue weighted by Crippen LogP contribution is -3.00. The van der Waals surface area contributed by atoms with Crippen molar-refractivity contribution < 1.29 is 21.7 Å². The molecular weight excluding hydrogens is 344 g/mol. The lowest BCUT2D eigenvalue weighted by atomic mass is 9.75. The van der Waals surface area contributed by atoms with Crippen molar-refractivity contribution in [3.63, 3.8) is 0 Å². The van der Waals surface area contributed by atoms with Gasteiger partial charge in [-0.25, -0.2) is 9.13 Å². The van der Waals surface area contributed by atoms with Gasteiger partial charge in [-0.15, -0.1) is 0 Å². The Morgan fingerprint density at radius 1 is 1.12 bits per heavy atom. The van der Waals surface area contributed by atoms with E-state index in [2.05, 4.69) is 55.6 Å². The van der Waals surface area contributed by atoms with E-state index < -0.39 is 0 Å². The normalized spacial score (nSPS) is 23.2. The van der Waals surface area contributed by atoms with Gasteiger partial charge in [0.15, 0.2) is 6.73 Å². The number of nitrogens with zero attached hydrogens (tertiary/aromatic N) is 2. The van der Waals surface area contributed by atoms with Crippen LogP contribution in [0.25, 0.3) is 0 Å². The first-order valence-electron chi connectivity index (χ1n) is 10.8. The molecule has 0 bridgehead atoms. The van der Waals surface area contributed by atoms with E-state index in [9.17, 15) is 0 Å². The monoisotopic (exact) mass is 384 g/mol. The zero-order chi connectivity index (χ0) is 18.1. The molecule has 0 unspecified atom stereocenters. The molecule has 1 aliphatic rings. The number of rotatable bonds is 11. The van der Waals surface area contributed by atoms with Gasteiger partial charge in [-0.1, -0.05) is 59.8 Å². The molecule has 152 valence electrons. The largest absolute Gasteiger partial charge is 1.00 e. The molecule has 0 aliphatic heterocycles. The number of hydrogen-bond donors (Lipinski definition) is 0. The highest BCUT2D eigenvalue weighted by Gasteiger charge is 2.31. The van der Waals surface area contributed by atoms with Crippen molar-refractivity contribution in [2.45, 2.75) is 105 Å². The Kier molecular flexibility index (Phi) is 11.5. The van der Waals surface area contributed by atoms with Gasteiger partial charge >= 0.3 is 0 Å². The Bertz CT molecular complexity index is 474. The summed E-state index contributed by atoms with van der Waals surface area (Å²) in [5.74, 6) is 2.25. The first kappa shape index (κ1) is 23.5. The third kappa shape index (κ3) is 8.00. The SMILES string of the molecule is CCCCCCCCn1cc[n+](CO[C@@H]2C[C@H](C)CC[C@H]2C(C)C)c1.[Cl-]. The quantitative estimate of drug-likeness (QED) is 0.423. The van der Waals surface area contributed by atoms with Gasteiger partial charge in [-0.3, -0.25) is 0 Å². The van der Waals surface area contributed by atoms with Crippen LogP contribution in [0.15, 0.2) is 18.7 Å². The Labute approximate surface area is 167 Å². The zero-order valence-corrected chi connectivity index (χ0v) is 18.3. The fourth-order valence-electron chi connectivity index (χ4n) is 4.21. The fraction of sp³-hybridized carbons (Fsp3) is 0.864. The smallest absolute Gasteiger partial charge is 0.245 e. The first-order chi connectivity index (χ1) is 12.1. The average molecular weight is 385 g/mol. The van der Waals surface area contributed by atoms with Crippen LogP contribution in [0.3, 0.4) is 0 Å². The molecule has 2 rings (SSSR count). The molecule has 1 heterocycles. The van der Waals surface area contributed by atoms with Crippen molar-refractivity contribution >= 4 is 0 Å². The highest BCUT2D eigenvalue weighted by Crippen LogP contribution is 2.35. The lowest BCUT2D eigenvalue weighted by Gasteiger charge is -2.36. The molecular formula is C22H41ClN2O. The van der Waals surface area contributed by atoms with Crippen LogP contribution in [0.1, 0.15) is 85.5 Å². The van der Waals surface area contributed by atoms with Crippen LogP contribution >= 0.6 is 0 Å². The van der Waals surface area contributed by atoms with Gasteiger partial charge in [0.1, 0.15) is 12.4 Å². The van der Waals surface area contributed by atoms with Crippen LogP contribution in [0.4, 0.5) is 0 Å². The van der Waals surface area contributed by atoms with E-state index in [1.165, 1.54) is 57.8 Å². The molecule has 1 aromatic heterocycles. The molecule has 0 radical (unpaired) electrons. The second-order valence-corrected chi connectivity index (χ2v) is 8.59. The van der Waals surface area contributed by atoms with E-state index in [0.29, 0.717) is 12.8 Å². The van der Waals surface area contributed by atoms with Gasteiger partial charge < -0.3 is 17.1 Å². The topological polar surface area (TPSA) is 18.0 Å². The Balaban J connectivity index is 0.00000338. The summed E-state index contributed by atoms with van der Waals surface area (Å²) < 4.78 is 10.9.